The molecule has 0 saturated heterocycles. The smallest absolute Gasteiger partial charge is 0.110 e. The molecule has 1 fully saturated rings. The van der Waals surface area contributed by atoms with Crippen molar-refractivity contribution < 1.29 is 0 Å². The second kappa shape index (κ2) is 5.25. The highest BCUT2D eigenvalue weighted by atomic mass is 15.3. The van der Waals surface area contributed by atoms with Gasteiger partial charge in [-0.25, -0.2) is 4.98 Å². The average Bonchev–Trinajstić information content (AvgIpc) is 3.22. The summed E-state index contributed by atoms with van der Waals surface area (Å²) in [5.74, 6) is 1.06. The summed E-state index contributed by atoms with van der Waals surface area (Å²) in [6.45, 7) is 3.92. The average molecular weight is 295 g/mol. The number of hydrogen-bond acceptors (Lipinski definition) is 3. The lowest BCUT2D eigenvalue weighted by molar-refractivity contribution is 0.244. The molecule has 22 heavy (non-hydrogen) atoms. The third-order valence-corrected chi connectivity index (χ3v) is 4.36. The van der Waals surface area contributed by atoms with Gasteiger partial charge < -0.3 is 4.40 Å². The minimum Gasteiger partial charge on any atom is -0.304 e. The summed E-state index contributed by atoms with van der Waals surface area (Å²) in [6.07, 6.45) is 8.75. The normalized spacial score (nSPS) is 15.0. The van der Waals surface area contributed by atoms with Gasteiger partial charge in [0, 0.05) is 44.1 Å². The number of aromatic nitrogens is 4. The van der Waals surface area contributed by atoms with E-state index >= 15 is 0 Å². The van der Waals surface area contributed by atoms with Gasteiger partial charge in [0.15, 0.2) is 0 Å². The van der Waals surface area contributed by atoms with Crippen LogP contribution < -0.4 is 0 Å². The summed E-state index contributed by atoms with van der Waals surface area (Å²) in [6, 6.07) is 6.99. The first-order valence-electron chi connectivity index (χ1n) is 7.85. The van der Waals surface area contributed by atoms with E-state index in [0.29, 0.717) is 6.04 Å². The Morgan fingerprint density at radius 1 is 1.27 bits per heavy atom. The molecule has 3 aromatic rings. The molecule has 0 atom stereocenters. The van der Waals surface area contributed by atoms with Crippen LogP contribution in [0.5, 0.6) is 0 Å². The van der Waals surface area contributed by atoms with Gasteiger partial charge in [-0.1, -0.05) is 6.07 Å². The quantitative estimate of drug-likeness (QED) is 0.726. The number of aryl methyl sites for hydroxylation is 2. The molecule has 0 spiro atoms. The lowest BCUT2D eigenvalue weighted by atomic mass is 10.2. The maximum Gasteiger partial charge on any atom is 0.110 e. The van der Waals surface area contributed by atoms with Crippen molar-refractivity contribution in [3.8, 4) is 0 Å². The molecule has 114 valence electrons. The molecule has 4 rings (SSSR count). The van der Waals surface area contributed by atoms with Crippen molar-refractivity contribution in [3.63, 3.8) is 0 Å². The Bertz CT molecular complexity index is 796. The number of hydrogen-bond donors (Lipinski definition) is 0. The molecule has 0 amide bonds. The Morgan fingerprint density at radius 3 is 2.86 bits per heavy atom. The lowest BCUT2D eigenvalue weighted by Crippen LogP contribution is -2.25. The molecular formula is C17H21N5. The van der Waals surface area contributed by atoms with E-state index in [-0.39, 0.29) is 0 Å². The minimum absolute atomic E-state index is 0.695. The van der Waals surface area contributed by atoms with E-state index < -0.39 is 0 Å². The molecule has 3 aromatic heterocycles. The summed E-state index contributed by atoms with van der Waals surface area (Å²) >= 11 is 0. The van der Waals surface area contributed by atoms with E-state index in [4.69, 9.17) is 4.98 Å². The van der Waals surface area contributed by atoms with Crippen LogP contribution in [0.25, 0.3) is 5.52 Å². The van der Waals surface area contributed by atoms with E-state index in [1.165, 1.54) is 29.6 Å². The van der Waals surface area contributed by atoms with Crippen molar-refractivity contribution in [2.24, 2.45) is 7.05 Å². The van der Waals surface area contributed by atoms with Gasteiger partial charge in [0.05, 0.1) is 17.4 Å². The highest BCUT2D eigenvalue weighted by Gasteiger charge is 2.30. The van der Waals surface area contributed by atoms with Gasteiger partial charge in [-0.2, -0.15) is 5.10 Å². The lowest BCUT2D eigenvalue weighted by Gasteiger charge is -2.20. The third-order valence-electron chi connectivity index (χ3n) is 4.36. The highest BCUT2D eigenvalue weighted by Crippen LogP contribution is 2.30. The number of fused-ring (bicyclic) bond motifs is 1. The molecule has 1 aliphatic carbocycles. The summed E-state index contributed by atoms with van der Waals surface area (Å²) in [7, 11) is 1.97. The molecule has 1 saturated carbocycles. The molecule has 5 heteroatoms. The maximum atomic E-state index is 4.79. The fourth-order valence-corrected chi connectivity index (χ4v) is 3.12. The number of pyridine rings is 1. The summed E-state index contributed by atoms with van der Waals surface area (Å²) in [5.41, 5.74) is 3.67. The zero-order valence-electron chi connectivity index (χ0n) is 13.1. The van der Waals surface area contributed by atoms with Gasteiger partial charge in [0.25, 0.3) is 0 Å². The molecular weight excluding hydrogens is 274 g/mol. The van der Waals surface area contributed by atoms with Crippen LogP contribution in [0.4, 0.5) is 0 Å². The van der Waals surface area contributed by atoms with E-state index in [0.717, 1.165) is 18.9 Å². The fraction of sp³-hybridized carbons (Fsp3) is 0.412. The Balaban J connectivity index is 1.61. The van der Waals surface area contributed by atoms with E-state index in [2.05, 4.69) is 51.9 Å². The second-order valence-electron chi connectivity index (χ2n) is 6.22. The molecule has 3 heterocycles. The van der Waals surface area contributed by atoms with Crippen LogP contribution in [-0.2, 0) is 20.1 Å². The van der Waals surface area contributed by atoms with Crippen molar-refractivity contribution in [2.45, 2.75) is 38.9 Å². The van der Waals surface area contributed by atoms with Crippen LogP contribution in [0.3, 0.4) is 0 Å². The predicted octanol–water partition coefficient (Wildman–Crippen LogP) is 2.54. The number of imidazole rings is 1. The summed E-state index contributed by atoms with van der Waals surface area (Å²) in [4.78, 5) is 7.32. The SMILES string of the molecule is Cc1nc(CN(Cc2cnn(C)c2)C2CC2)c2ccccn12. The van der Waals surface area contributed by atoms with Crippen LogP contribution in [-0.4, -0.2) is 30.1 Å². The molecule has 0 unspecified atom stereocenters. The Kier molecular flexibility index (Phi) is 3.22. The first kappa shape index (κ1) is 13.5. The second-order valence-corrected chi connectivity index (χ2v) is 6.22. The van der Waals surface area contributed by atoms with Gasteiger partial charge in [0.1, 0.15) is 5.82 Å². The third kappa shape index (κ3) is 2.52. The van der Waals surface area contributed by atoms with Gasteiger partial charge in [0.2, 0.25) is 0 Å². The predicted molar refractivity (Wildman–Crippen MR) is 85.4 cm³/mol. The van der Waals surface area contributed by atoms with Crippen molar-refractivity contribution in [1.29, 1.82) is 0 Å². The molecule has 5 nitrogen and oxygen atoms in total. The zero-order valence-corrected chi connectivity index (χ0v) is 13.1. The van der Waals surface area contributed by atoms with E-state index in [1.54, 1.807) is 0 Å². The van der Waals surface area contributed by atoms with Crippen molar-refractivity contribution in [2.75, 3.05) is 0 Å². The van der Waals surface area contributed by atoms with Crippen LogP contribution in [0.1, 0.15) is 29.9 Å². The first-order valence-corrected chi connectivity index (χ1v) is 7.85. The van der Waals surface area contributed by atoms with Crippen molar-refractivity contribution in [1.82, 2.24) is 24.1 Å². The maximum absolute atomic E-state index is 4.79. The highest BCUT2D eigenvalue weighted by molar-refractivity contribution is 5.53. The summed E-state index contributed by atoms with van der Waals surface area (Å²) in [5, 5.41) is 4.28. The molecule has 1 aliphatic rings. The largest absolute Gasteiger partial charge is 0.304 e. The number of rotatable bonds is 5. The van der Waals surface area contributed by atoms with Gasteiger partial charge in [-0.15, -0.1) is 0 Å². The first-order chi connectivity index (χ1) is 10.7. The minimum atomic E-state index is 0.695. The standard InChI is InChI=1S/C17H21N5/c1-13-19-16(17-5-3-4-8-22(13)17)12-21(15-6-7-15)11-14-9-18-20(2)10-14/h3-5,8-10,15H,6-7,11-12H2,1-2H3. The monoisotopic (exact) mass is 295 g/mol. The van der Waals surface area contributed by atoms with Crippen LogP contribution >= 0.6 is 0 Å². The van der Waals surface area contributed by atoms with E-state index in [1.807, 2.05) is 17.9 Å². The van der Waals surface area contributed by atoms with E-state index in [9.17, 15) is 0 Å². The van der Waals surface area contributed by atoms with Gasteiger partial charge in [-0.05, 0) is 31.9 Å². The molecule has 0 N–H and O–H groups in total. The van der Waals surface area contributed by atoms with Crippen molar-refractivity contribution >= 4 is 5.52 Å². The molecule has 0 aromatic carbocycles. The fourth-order valence-electron chi connectivity index (χ4n) is 3.12. The molecule has 0 radical (unpaired) electrons. The zero-order chi connectivity index (χ0) is 15.1. The number of nitrogens with zero attached hydrogens (tertiary/aromatic N) is 5. The van der Waals surface area contributed by atoms with Crippen LogP contribution in [0.2, 0.25) is 0 Å². The van der Waals surface area contributed by atoms with Crippen molar-refractivity contribution in [3.05, 3.63) is 53.9 Å². The molecule has 0 bridgehead atoms. The van der Waals surface area contributed by atoms with Crippen LogP contribution in [0, 0.1) is 6.92 Å². The Hall–Kier alpha value is -2.14. The van der Waals surface area contributed by atoms with Crippen LogP contribution in [0.15, 0.2) is 36.8 Å². The van der Waals surface area contributed by atoms with Gasteiger partial charge >= 0.3 is 0 Å². The van der Waals surface area contributed by atoms with Gasteiger partial charge in [-0.3, -0.25) is 9.58 Å². The molecule has 0 aliphatic heterocycles. The summed E-state index contributed by atoms with van der Waals surface area (Å²) < 4.78 is 4.04. The Morgan fingerprint density at radius 2 is 2.14 bits per heavy atom. The Labute approximate surface area is 130 Å². The topological polar surface area (TPSA) is 38.4 Å².